The highest BCUT2D eigenvalue weighted by Gasteiger charge is 2.31. The van der Waals surface area contributed by atoms with Crippen LogP contribution in [0.5, 0.6) is 0 Å². The summed E-state index contributed by atoms with van der Waals surface area (Å²) < 4.78 is 6.91. The normalized spacial score (nSPS) is 24.6. The quantitative estimate of drug-likeness (QED) is 0.911. The molecule has 1 aromatic carbocycles. The van der Waals surface area contributed by atoms with Crippen LogP contribution in [0.3, 0.4) is 0 Å². The van der Waals surface area contributed by atoms with Gasteiger partial charge in [-0.25, -0.2) is 0 Å². The Bertz CT molecular complexity index is 450. The number of rotatable bonds is 4. The fourth-order valence-corrected chi connectivity index (χ4v) is 3.36. The van der Waals surface area contributed by atoms with E-state index < -0.39 is 6.10 Å². The first-order valence-corrected chi connectivity index (χ1v) is 7.99. The molecule has 1 heterocycles. The molecule has 0 bridgehead atoms. The van der Waals surface area contributed by atoms with Crippen LogP contribution < -0.4 is 0 Å². The molecule has 1 aliphatic rings. The molecule has 0 aromatic heterocycles. The molecule has 1 fully saturated rings. The van der Waals surface area contributed by atoms with Gasteiger partial charge in [-0.05, 0) is 44.9 Å². The maximum Gasteiger partial charge on any atom is 0.0802 e. The smallest absolute Gasteiger partial charge is 0.0802 e. The molecule has 3 nitrogen and oxygen atoms in total. The van der Waals surface area contributed by atoms with E-state index in [-0.39, 0.29) is 11.7 Å². The summed E-state index contributed by atoms with van der Waals surface area (Å²) >= 11 is 3.44. The zero-order chi connectivity index (χ0) is 14.8. The third kappa shape index (κ3) is 4.55. The zero-order valence-corrected chi connectivity index (χ0v) is 14.1. The number of hydrogen-bond acceptors (Lipinski definition) is 3. The van der Waals surface area contributed by atoms with Gasteiger partial charge in [-0.1, -0.05) is 28.1 Å². The van der Waals surface area contributed by atoms with Crippen LogP contribution in [0.2, 0.25) is 0 Å². The Hall–Kier alpha value is -0.420. The van der Waals surface area contributed by atoms with Crippen LogP contribution in [-0.2, 0) is 4.74 Å². The molecule has 2 unspecified atom stereocenters. The summed E-state index contributed by atoms with van der Waals surface area (Å²) in [5, 5.41) is 10.3. The molecule has 0 saturated carbocycles. The Morgan fingerprint density at radius 1 is 1.50 bits per heavy atom. The van der Waals surface area contributed by atoms with Crippen LogP contribution in [-0.4, -0.2) is 41.3 Å². The highest BCUT2D eigenvalue weighted by Crippen LogP contribution is 2.24. The van der Waals surface area contributed by atoms with Crippen molar-refractivity contribution >= 4 is 15.9 Å². The fourth-order valence-electron chi connectivity index (χ4n) is 2.94. The molecular weight excluding hydrogens is 318 g/mol. The molecule has 0 spiro atoms. The van der Waals surface area contributed by atoms with Gasteiger partial charge >= 0.3 is 0 Å². The van der Waals surface area contributed by atoms with E-state index in [0.29, 0.717) is 0 Å². The molecule has 20 heavy (non-hydrogen) atoms. The van der Waals surface area contributed by atoms with Crippen molar-refractivity contribution in [2.75, 3.05) is 19.6 Å². The van der Waals surface area contributed by atoms with E-state index in [9.17, 15) is 5.11 Å². The van der Waals surface area contributed by atoms with Gasteiger partial charge in [0.25, 0.3) is 0 Å². The number of hydrogen-bond donors (Lipinski definition) is 1. The van der Waals surface area contributed by atoms with Gasteiger partial charge in [0, 0.05) is 24.1 Å². The molecule has 1 saturated heterocycles. The lowest BCUT2D eigenvalue weighted by Crippen LogP contribution is -2.52. The Morgan fingerprint density at radius 2 is 2.25 bits per heavy atom. The first-order valence-electron chi connectivity index (χ1n) is 7.19. The number of aliphatic hydroxyl groups excluding tert-OH is 1. The minimum absolute atomic E-state index is 0.0988. The highest BCUT2D eigenvalue weighted by atomic mass is 79.9. The van der Waals surface area contributed by atoms with Crippen molar-refractivity contribution in [2.45, 2.75) is 45.0 Å². The number of morpholine rings is 1. The van der Waals surface area contributed by atoms with Crippen molar-refractivity contribution in [3.8, 4) is 0 Å². The summed E-state index contributed by atoms with van der Waals surface area (Å²) in [6.45, 7) is 9.11. The predicted molar refractivity (Wildman–Crippen MR) is 84.8 cm³/mol. The number of aliphatic hydroxyl groups is 1. The molecule has 0 aliphatic carbocycles. The second-order valence-corrected chi connectivity index (χ2v) is 7.20. The Kier molecular flexibility index (Phi) is 5.24. The van der Waals surface area contributed by atoms with Gasteiger partial charge in [0.2, 0.25) is 0 Å². The molecule has 2 rings (SSSR count). The van der Waals surface area contributed by atoms with Crippen LogP contribution in [0, 0.1) is 0 Å². The van der Waals surface area contributed by atoms with Crippen molar-refractivity contribution in [1.29, 1.82) is 0 Å². The van der Waals surface area contributed by atoms with Crippen molar-refractivity contribution in [3.05, 3.63) is 34.3 Å². The van der Waals surface area contributed by atoms with Crippen molar-refractivity contribution in [3.63, 3.8) is 0 Å². The largest absolute Gasteiger partial charge is 0.388 e. The second kappa shape index (κ2) is 6.56. The first-order chi connectivity index (χ1) is 9.35. The maximum absolute atomic E-state index is 10.3. The van der Waals surface area contributed by atoms with E-state index in [1.165, 1.54) is 0 Å². The summed E-state index contributed by atoms with van der Waals surface area (Å²) in [5.41, 5.74) is 0.873. The molecular formula is C16H24BrNO2. The van der Waals surface area contributed by atoms with Crippen LogP contribution in [0.4, 0.5) is 0 Å². The van der Waals surface area contributed by atoms with Gasteiger partial charge in [0.15, 0.2) is 0 Å². The molecule has 1 N–H and O–H groups in total. The van der Waals surface area contributed by atoms with Crippen LogP contribution >= 0.6 is 15.9 Å². The van der Waals surface area contributed by atoms with Gasteiger partial charge in [-0.15, -0.1) is 0 Å². The minimum Gasteiger partial charge on any atom is -0.388 e. The van der Waals surface area contributed by atoms with E-state index in [1.807, 2.05) is 24.3 Å². The highest BCUT2D eigenvalue weighted by molar-refractivity contribution is 9.10. The van der Waals surface area contributed by atoms with E-state index in [1.54, 1.807) is 0 Å². The van der Waals surface area contributed by atoms with Crippen LogP contribution in [0.15, 0.2) is 28.7 Å². The minimum atomic E-state index is -0.409. The molecule has 1 aromatic rings. The summed E-state index contributed by atoms with van der Waals surface area (Å²) in [4.78, 5) is 2.38. The zero-order valence-electron chi connectivity index (χ0n) is 12.5. The molecule has 4 heteroatoms. The first kappa shape index (κ1) is 16.0. The summed E-state index contributed by atoms with van der Waals surface area (Å²) in [6, 6.07) is 7.89. The number of ether oxygens (including phenoxy) is 1. The summed E-state index contributed by atoms with van der Waals surface area (Å²) in [7, 11) is 0. The molecule has 112 valence electrons. The predicted octanol–water partition coefficient (Wildman–Crippen LogP) is 3.37. The third-order valence-corrected chi connectivity index (χ3v) is 4.09. The van der Waals surface area contributed by atoms with Gasteiger partial charge in [0.1, 0.15) is 0 Å². The molecule has 2 atom stereocenters. The number of benzene rings is 1. The fraction of sp³-hybridized carbons (Fsp3) is 0.625. The van der Waals surface area contributed by atoms with Crippen molar-refractivity contribution in [2.24, 2.45) is 0 Å². The maximum atomic E-state index is 10.3. The van der Waals surface area contributed by atoms with Crippen LogP contribution in [0.25, 0.3) is 0 Å². The van der Waals surface area contributed by atoms with E-state index >= 15 is 0 Å². The SMILES string of the molecule is CC1CN(CCC(O)c2cccc(Br)c2)CC(C)(C)O1. The second-order valence-electron chi connectivity index (χ2n) is 6.28. The van der Waals surface area contributed by atoms with E-state index in [2.05, 4.69) is 41.6 Å². The average Bonchev–Trinajstić information content (AvgIpc) is 2.33. The molecule has 0 amide bonds. The van der Waals surface area contributed by atoms with Crippen molar-refractivity contribution in [1.82, 2.24) is 4.90 Å². The lowest BCUT2D eigenvalue weighted by molar-refractivity contribution is -0.130. The van der Waals surface area contributed by atoms with Gasteiger partial charge in [-0.2, -0.15) is 0 Å². The average molecular weight is 342 g/mol. The van der Waals surface area contributed by atoms with Gasteiger partial charge in [-0.3, -0.25) is 4.90 Å². The number of nitrogens with zero attached hydrogens (tertiary/aromatic N) is 1. The molecule has 1 aliphatic heterocycles. The standard InChI is InChI=1S/C16H24BrNO2/c1-12-10-18(11-16(2,3)20-12)8-7-15(19)13-5-4-6-14(17)9-13/h4-6,9,12,15,19H,7-8,10-11H2,1-3H3. The molecule has 0 radical (unpaired) electrons. The Labute approximate surface area is 130 Å². The monoisotopic (exact) mass is 341 g/mol. The van der Waals surface area contributed by atoms with E-state index in [4.69, 9.17) is 4.74 Å². The Morgan fingerprint density at radius 3 is 2.90 bits per heavy atom. The summed E-state index contributed by atoms with van der Waals surface area (Å²) in [5.74, 6) is 0. The summed E-state index contributed by atoms with van der Waals surface area (Å²) in [6.07, 6.45) is 0.592. The topological polar surface area (TPSA) is 32.7 Å². The van der Waals surface area contributed by atoms with Crippen molar-refractivity contribution < 1.29 is 9.84 Å². The number of halogens is 1. The van der Waals surface area contributed by atoms with Gasteiger partial charge in [0.05, 0.1) is 17.8 Å². The van der Waals surface area contributed by atoms with E-state index in [0.717, 1.165) is 36.1 Å². The lowest BCUT2D eigenvalue weighted by Gasteiger charge is -2.42. The van der Waals surface area contributed by atoms with Crippen LogP contribution in [0.1, 0.15) is 38.9 Å². The lowest BCUT2D eigenvalue weighted by atomic mass is 10.0. The third-order valence-electron chi connectivity index (χ3n) is 3.59. The van der Waals surface area contributed by atoms with Gasteiger partial charge < -0.3 is 9.84 Å². The Balaban J connectivity index is 1.88.